The molecule has 0 radical (unpaired) electrons. The number of ether oxygens (including phenoxy) is 1. The molecule has 1 amide bonds. The Morgan fingerprint density at radius 2 is 2.00 bits per heavy atom. The van der Waals surface area contributed by atoms with E-state index in [1.165, 1.54) is 0 Å². The predicted octanol–water partition coefficient (Wildman–Crippen LogP) is 3.19. The van der Waals surface area contributed by atoms with Gasteiger partial charge in [-0.1, -0.05) is 50.6 Å². The van der Waals surface area contributed by atoms with Gasteiger partial charge in [-0.3, -0.25) is 4.79 Å². The van der Waals surface area contributed by atoms with Gasteiger partial charge in [0, 0.05) is 12.4 Å². The minimum atomic E-state index is -0.103. The number of alkyl halides is 1. The number of carbonyl (C=O) groups is 1. The molecule has 1 N–H and O–H groups in total. The van der Waals surface area contributed by atoms with E-state index in [1.807, 2.05) is 30.3 Å². The fourth-order valence-electron chi connectivity index (χ4n) is 2.15. The highest BCUT2D eigenvalue weighted by Gasteiger charge is 2.25. The first kappa shape index (κ1) is 17.0. The quantitative estimate of drug-likeness (QED) is 0.561. The fourth-order valence-corrected chi connectivity index (χ4v) is 2.26. The van der Waals surface area contributed by atoms with E-state index in [9.17, 15) is 4.79 Å². The molecule has 0 aromatic heterocycles. The van der Waals surface area contributed by atoms with E-state index >= 15 is 0 Å². The summed E-state index contributed by atoms with van der Waals surface area (Å²) in [7, 11) is 0. The van der Waals surface area contributed by atoms with E-state index < -0.39 is 0 Å². The van der Waals surface area contributed by atoms with Crippen LogP contribution < -0.4 is 5.32 Å². The van der Waals surface area contributed by atoms with E-state index in [0.29, 0.717) is 31.6 Å². The lowest BCUT2D eigenvalue weighted by molar-refractivity contribution is -0.123. The maximum absolute atomic E-state index is 12.4. The molecule has 0 saturated carbocycles. The number of amides is 1. The third-order valence-corrected chi connectivity index (χ3v) is 3.58. The van der Waals surface area contributed by atoms with Gasteiger partial charge in [0.15, 0.2) is 0 Å². The minimum Gasteiger partial charge on any atom is -0.378 e. The maximum atomic E-state index is 12.4. The first-order valence-electron chi connectivity index (χ1n) is 7.17. The summed E-state index contributed by atoms with van der Waals surface area (Å²) >= 11 is 5.52. The highest BCUT2D eigenvalue weighted by atomic mass is 35.5. The van der Waals surface area contributed by atoms with Crippen molar-refractivity contribution in [1.29, 1.82) is 0 Å². The summed E-state index contributed by atoms with van der Waals surface area (Å²) in [5, 5.41) is 2.95. The molecule has 0 aliphatic carbocycles. The molecule has 1 rings (SSSR count). The molecule has 0 fully saturated rings. The summed E-state index contributed by atoms with van der Waals surface area (Å²) in [5.74, 6) is 0.753. The molecule has 2 unspecified atom stereocenters. The molecule has 112 valence electrons. The van der Waals surface area contributed by atoms with Crippen LogP contribution in [0.1, 0.15) is 31.7 Å². The highest BCUT2D eigenvalue weighted by Crippen LogP contribution is 2.26. The lowest BCUT2D eigenvalue weighted by Gasteiger charge is -2.22. The average molecular weight is 298 g/mol. The summed E-state index contributed by atoms with van der Waals surface area (Å²) in [6, 6.07) is 9.94. The van der Waals surface area contributed by atoms with Crippen LogP contribution in [0, 0.1) is 5.92 Å². The molecular formula is C16H24ClNO2. The van der Waals surface area contributed by atoms with Gasteiger partial charge in [-0.25, -0.2) is 0 Å². The van der Waals surface area contributed by atoms with Crippen molar-refractivity contribution in [3.05, 3.63) is 35.9 Å². The Bertz CT molecular complexity index is 383. The summed E-state index contributed by atoms with van der Waals surface area (Å²) in [6.45, 7) is 5.76. The van der Waals surface area contributed by atoms with Crippen LogP contribution in [0.2, 0.25) is 0 Å². The van der Waals surface area contributed by atoms with Gasteiger partial charge in [0.1, 0.15) is 0 Å². The zero-order valence-electron chi connectivity index (χ0n) is 12.3. The number of hydrogen-bond donors (Lipinski definition) is 1. The molecule has 0 spiro atoms. The first-order chi connectivity index (χ1) is 9.70. The van der Waals surface area contributed by atoms with Crippen molar-refractivity contribution >= 4 is 17.5 Å². The number of rotatable bonds is 9. The minimum absolute atomic E-state index is 0.0695. The number of carbonyl (C=O) groups excluding carboxylic acids is 1. The van der Waals surface area contributed by atoms with E-state index in [1.54, 1.807) is 0 Å². The lowest BCUT2D eigenvalue weighted by Crippen LogP contribution is -2.34. The molecule has 1 aromatic carbocycles. The molecule has 0 aliphatic rings. The standard InChI is InChI=1S/C16H24ClNO2/c1-3-13(2)15(14-7-5-4-6-8-14)16(19)18-10-12-20-11-9-17/h4-8,13,15H,3,9-12H2,1-2H3,(H,18,19). The Morgan fingerprint density at radius 1 is 1.30 bits per heavy atom. The van der Waals surface area contributed by atoms with Gasteiger partial charge in [-0.05, 0) is 11.5 Å². The molecule has 1 aromatic rings. The summed E-state index contributed by atoms with van der Waals surface area (Å²) in [5.41, 5.74) is 1.07. The lowest BCUT2D eigenvalue weighted by atomic mass is 9.85. The Labute approximate surface area is 126 Å². The number of halogens is 1. The van der Waals surface area contributed by atoms with Crippen molar-refractivity contribution in [2.45, 2.75) is 26.2 Å². The van der Waals surface area contributed by atoms with E-state index in [0.717, 1.165) is 12.0 Å². The largest absolute Gasteiger partial charge is 0.378 e. The van der Waals surface area contributed by atoms with Gasteiger partial charge >= 0.3 is 0 Å². The van der Waals surface area contributed by atoms with Crippen molar-refractivity contribution in [2.75, 3.05) is 25.6 Å². The monoisotopic (exact) mass is 297 g/mol. The summed E-state index contributed by atoms with van der Waals surface area (Å²) in [6.07, 6.45) is 0.968. The average Bonchev–Trinajstić information content (AvgIpc) is 2.48. The zero-order chi connectivity index (χ0) is 14.8. The van der Waals surface area contributed by atoms with Crippen molar-refractivity contribution in [3.8, 4) is 0 Å². The normalized spacial score (nSPS) is 13.8. The van der Waals surface area contributed by atoms with E-state index in [4.69, 9.17) is 16.3 Å². The van der Waals surface area contributed by atoms with Crippen molar-refractivity contribution < 1.29 is 9.53 Å². The molecule has 0 heterocycles. The summed E-state index contributed by atoms with van der Waals surface area (Å²) in [4.78, 5) is 12.4. The van der Waals surface area contributed by atoms with Crippen LogP contribution in [0.4, 0.5) is 0 Å². The van der Waals surface area contributed by atoms with Crippen molar-refractivity contribution in [1.82, 2.24) is 5.32 Å². The molecule has 0 aliphatic heterocycles. The van der Waals surface area contributed by atoms with Crippen LogP contribution in [0.5, 0.6) is 0 Å². The van der Waals surface area contributed by atoms with E-state index in [-0.39, 0.29) is 11.8 Å². The van der Waals surface area contributed by atoms with Crippen molar-refractivity contribution in [2.24, 2.45) is 5.92 Å². The van der Waals surface area contributed by atoms with Crippen molar-refractivity contribution in [3.63, 3.8) is 0 Å². The molecule has 0 bridgehead atoms. The highest BCUT2D eigenvalue weighted by molar-refractivity contribution is 6.17. The number of nitrogens with one attached hydrogen (secondary N) is 1. The van der Waals surface area contributed by atoms with Crippen LogP contribution in [0.15, 0.2) is 30.3 Å². The molecule has 2 atom stereocenters. The van der Waals surface area contributed by atoms with Gasteiger partial charge in [-0.2, -0.15) is 0 Å². The van der Waals surface area contributed by atoms with Crippen LogP contribution in [0.3, 0.4) is 0 Å². The second-order valence-electron chi connectivity index (χ2n) is 4.87. The van der Waals surface area contributed by atoms with Gasteiger partial charge in [0.25, 0.3) is 0 Å². The third-order valence-electron chi connectivity index (χ3n) is 3.42. The molecule has 3 nitrogen and oxygen atoms in total. The van der Waals surface area contributed by atoms with Crippen LogP contribution in [-0.2, 0) is 9.53 Å². The van der Waals surface area contributed by atoms with Gasteiger partial charge < -0.3 is 10.1 Å². The van der Waals surface area contributed by atoms with Crippen LogP contribution in [0.25, 0.3) is 0 Å². The van der Waals surface area contributed by atoms with Crippen LogP contribution >= 0.6 is 11.6 Å². The molecule has 20 heavy (non-hydrogen) atoms. The zero-order valence-corrected chi connectivity index (χ0v) is 13.0. The second-order valence-corrected chi connectivity index (χ2v) is 5.24. The SMILES string of the molecule is CCC(C)C(C(=O)NCCOCCCl)c1ccccc1. The van der Waals surface area contributed by atoms with Gasteiger partial charge in [0.2, 0.25) is 5.91 Å². The molecule has 4 heteroatoms. The Morgan fingerprint density at radius 3 is 2.60 bits per heavy atom. The van der Waals surface area contributed by atoms with Gasteiger partial charge in [-0.15, -0.1) is 11.6 Å². The Hall–Kier alpha value is -1.06. The van der Waals surface area contributed by atoms with E-state index in [2.05, 4.69) is 19.2 Å². The smallest absolute Gasteiger partial charge is 0.227 e. The topological polar surface area (TPSA) is 38.3 Å². The Balaban J connectivity index is 2.58. The molecular weight excluding hydrogens is 274 g/mol. The first-order valence-corrected chi connectivity index (χ1v) is 7.70. The summed E-state index contributed by atoms with van der Waals surface area (Å²) < 4.78 is 5.26. The fraction of sp³-hybridized carbons (Fsp3) is 0.562. The van der Waals surface area contributed by atoms with Crippen LogP contribution in [-0.4, -0.2) is 31.5 Å². The molecule has 0 saturated heterocycles. The number of hydrogen-bond acceptors (Lipinski definition) is 2. The number of benzene rings is 1. The maximum Gasteiger partial charge on any atom is 0.227 e. The Kier molecular flexibility index (Phi) is 8.31. The third kappa shape index (κ3) is 5.51. The van der Waals surface area contributed by atoms with Gasteiger partial charge in [0.05, 0.1) is 19.1 Å². The predicted molar refractivity (Wildman–Crippen MR) is 83.2 cm³/mol. The second kappa shape index (κ2) is 9.78.